The molecule has 5 nitrogen and oxygen atoms in total. The Bertz CT molecular complexity index is 587. The van der Waals surface area contributed by atoms with Gasteiger partial charge in [-0.2, -0.15) is 0 Å². The van der Waals surface area contributed by atoms with Gasteiger partial charge in [-0.25, -0.2) is 17.5 Å². The van der Waals surface area contributed by atoms with Gasteiger partial charge in [0.25, 0.3) is 0 Å². The third-order valence-corrected chi connectivity index (χ3v) is 5.13. The molecule has 0 radical (unpaired) electrons. The Hall–Kier alpha value is -0.540. The average Bonchev–Trinajstić information content (AvgIpc) is 2.37. The van der Waals surface area contributed by atoms with Gasteiger partial charge in [-0.05, 0) is 18.2 Å². The fraction of sp³-hybridized carbons (Fsp3) is 0.500. The molecule has 1 heterocycles. The zero-order valence-electron chi connectivity index (χ0n) is 10.6. The SMILES string of the molecule is O=S(=O)(NCC1(O)CCOCC1)c1ccc(Br)cc1F. The fourth-order valence-corrected chi connectivity index (χ4v) is 3.44. The molecule has 0 aromatic heterocycles. The first kappa shape index (κ1) is 15.8. The molecule has 0 amide bonds. The van der Waals surface area contributed by atoms with Gasteiger partial charge < -0.3 is 9.84 Å². The molecule has 0 atom stereocenters. The number of aliphatic hydroxyl groups is 1. The molecule has 2 N–H and O–H groups in total. The third kappa shape index (κ3) is 3.76. The smallest absolute Gasteiger partial charge is 0.243 e. The Balaban J connectivity index is 2.11. The first-order valence-corrected chi connectivity index (χ1v) is 8.35. The number of ether oxygens (including phenoxy) is 1. The van der Waals surface area contributed by atoms with Crippen LogP contribution in [0.2, 0.25) is 0 Å². The van der Waals surface area contributed by atoms with Gasteiger partial charge in [-0.15, -0.1) is 0 Å². The zero-order chi connectivity index (χ0) is 14.8. The molecule has 1 aromatic rings. The van der Waals surface area contributed by atoms with Crippen molar-refractivity contribution in [3.05, 3.63) is 28.5 Å². The molecule has 1 aromatic carbocycles. The van der Waals surface area contributed by atoms with Crippen LogP contribution >= 0.6 is 15.9 Å². The highest BCUT2D eigenvalue weighted by Crippen LogP contribution is 2.22. The minimum Gasteiger partial charge on any atom is -0.388 e. The Morgan fingerprint density at radius 3 is 2.65 bits per heavy atom. The highest BCUT2D eigenvalue weighted by molar-refractivity contribution is 9.10. The summed E-state index contributed by atoms with van der Waals surface area (Å²) in [7, 11) is -3.99. The number of hydrogen-bond acceptors (Lipinski definition) is 4. The highest BCUT2D eigenvalue weighted by Gasteiger charge is 2.32. The summed E-state index contributed by atoms with van der Waals surface area (Å²) in [5, 5.41) is 10.2. The summed E-state index contributed by atoms with van der Waals surface area (Å²) in [5.41, 5.74) is -1.14. The van der Waals surface area contributed by atoms with Crippen LogP contribution in [0, 0.1) is 5.82 Å². The number of sulfonamides is 1. The van der Waals surface area contributed by atoms with Crippen molar-refractivity contribution in [2.24, 2.45) is 0 Å². The van der Waals surface area contributed by atoms with Crippen molar-refractivity contribution >= 4 is 26.0 Å². The van der Waals surface area contributed by atoms with Gasteiger partial charge in [0.05, 0.1) is 5.60 Å². The molecular weight excluding hydrogens is 353 g/mol. The molecule has 0 aliphatic carbocycles. The maximum absolute atomic E-state index is 13.7. The second kappa shape index (κ2) is 6.07. The predicted octanol–water partition coefficient (Wildman–Crippen LogP) is 1.41. The zero-order valence-corrected chi connectivity index (χ0v) is 13.0. The molecule has 8 heteroatoms. The number of hydrogen-bond donors (Lipinski definition) is 2. The van der Waals surface area contributed by atoms with Crippen molar-refractivity contribution in [3.8, 4) is 0 Å². The van der Waals surface area contributed by atoms with E-state index in [9.17, 15) is 17.9 Å². The van der Waals surface area contributed by atoms with Crippen molar-refractivity contribution < 1.29 is 22.7 Å². The van der Waals surface area contributed by atoms with Gasteiger partial charge in [0.15, 0.2) is 0 Å². The first-order chi connectivity index (χ1) is 9.32. The molecule has 1 fully saturated rings. The molecule has 0 bridgehead atoms. The van der Waals surface area contributed by atoms with Crippen molar-refractivity contribution in [1.29, 1.82) is 0 Å². The minimum atomic E-state index is -3.99. The molecule has 112 valence electrons. The van der Waals surface area contributed by atoms with Crippen molar-refractivity contribution in [2.45, 2.75) is 23.3 Å². The number of halogens is 2. The van der Waals surface area contributed by atoms with Crippen LogP contribution in [0.5, 0.6) is 0 Å². The lowest BCUT2D eigenvalue weighted by molar-refractivity contribution is -0.0588. The maximum atomic E-state index is 13.7. The lowest BCUT2D eigenvalue weighted by atomic mass is 9.95. The van der Waals surface area contributed by atoms with E-state index in [1.54, 1.807) is 0 Å². The maximum Gasteiger partial charge on any atom is 0.243 e. The Morgan fingerprint density at radius 2 is 2.05 bits per heavy atom. The summed E-state index contributed by atoms with van der Waals surface area (Å²) in [6.45, 7) is 0.601. The normalized spacial score (nSPS) is 18.9. The standard InChI is InChI=1S/C12H15BrFNO4S/c13-9-1-2-11(10(14)7-9)20(17,18)15-8-12(16)3-5-19-6-4-12/h1-2,7,15-16H,3-6,8H2. The van der Waals surface area contributed by atoms with Crippen LogP contribution in [0.15, 0.2) is 27.6 Å². The molecule has 1 aliphatic heterocycles. The van der Waals surface area contributed by atoms with Crippen LogP contribution in [0.4, 0.5) is 4.39 Å². The molecule has 0 unspecified atom stereocenters. The topological polar surface area (TPSA) is 75.6 Å². The minimum absolute atomic E-state index is 0.159. The summed E-state index contributed by atoms with van der Waals surface area (Å²) in [5.74, 6) is -0.842. The van der Waals surface area contributed by atoms with Crippen molar-refractivity contribution in [1.82, 2.24) is 4.72 Å². The van der Waals surface area contributed by atoms with E-state index in [2.05, 4.69) is 20.7 Å². The van der Waals surface area contributed by atoms with E-state index in [-0.39, 0.29) is 6.54 Å². The third-order valence-electron chi connectivity index (χ3n) is 3.20. The van der Waals surface area contributed by atoms with Crippen molar-refractivity contribution in [3.63, 3.8) is 0 Å². The van der Waals surface area contributed by atoms with Gasteiger partial charge in [0.2, 0.25) is 10.0 Å². The van der Waals surface area contributed by atoms with Crippen LogP contribution in [-0.4, -0.2) is 38.9 Å². The summed E-state index contributed by atoms with van der Waals surface area (Å²) in [4.78, 5) is -0.434. The van der Waals surface area contributed by atoms with Gasteiger partial charge in [-0.3, -0.25) is 0 Å². The van der Waals surface area contributed by atoms with Crippen LogP contribution in [0.3, 0.4) is 0 Å². The molecule has 1 aliphatic rings. The fourth-order valence-electron chi connectivity index (χ4n) is 1.93. The van der Waals surface area contributed by atoms with Gasteiger partial charge in [0, 0.05) is 37.1 Å². The van der Waals surface area contributed by atoms with Gasteiger partial charge in [0.1, 0.15) is 10.7 Å². The molecule has 2 rings (SSSR count). The van der Waals surface area contributed by atoms with E-state index in [1.807, 2.05) is 0 Å². The van der Waals surface area contributed by atoms with E-state index in [1.165, 1.54) is 12.1 Å². The summed E-state index contributed by atoms with van der Waals surface area (Å²) in [6.07, 6.45) is 0.691. The Kier molecular flexibility index (Phi) is 4.80. The molecular formula is C12H15BrFNO4S. The number of rotatable bonds is 4. The van der Waals surface area contributed by atoms with Crippen LogP contribution in [0.25, 0.3) is 0 Å². The number of benzene rings is 1. The largest absolute Gasteiger partial charge is 0.388 e. The van der Waals surface area contributed by atoms with Gasteiger partial charge in [-0.1, -0.05) is 15.9 Å². The van der Waals surface area contributed by atoms with E-state index >= 15 is 0 Å². The van der Waals surface area contributed by atoms with Crippen LogP contribution in [-0.2, 0) is 14.8 Å². The highest BCUT2D eigenvalue weighted by atomic mass is 79.9. The summed E-state index contributed by atoms with van der Waals surface area (Å²) < 4.78 is 45.6. The summed E-state index contributed by atoms with van der Waals surface area (Å²) in [6, 6.07) is 3.70. The molecule has 20 heavy (non-hydrogen) atoms. The lowest BCUT2D eigenvalue weighted by Gasteiger charge is -2.31. The lowest BCUT2D eigenvalue weighted by Crippen LogP contribution is -2.46. The molecule has 1 saturated heterocycles. The van der Waals surface area contributed by atoms with E-state index in [4.69, 9.17) is 4.74 Å². The van der Waals surface area contributed by atoms with Crippen LogP contribution < -0.4 is 4.72 Å². The predicted molar refractivity (Wildman–Crippen MR) is 74.3 cm³/mol. The molecule has 0 spiro atoms. The van der Waals surface area contributed by atoms with Gasteiger partial charge >= 0.3 is 0 Å². The van der Waals surface area contributed by atoms with Crippen molar-refractivity contribution in [2.75, 3.05) is 19.8 Å². The van der Waals surface area contributed by atoms with E-state index in [0.29, 0.717) is 30.5 Å². The summed E-state index contributed by atoms with van der Waals surface area (Å²) >= 11 is 3.06. The average molecular weight is 368 g/mol. The van der Waals surface area contributed by atoms with E-state index < -0.39 is 26.3 Å². The Labute approximate surface area is 125 Å². The Morgan fingerprint density at radius 1 is 1.40 bits per heavy atom. The monoisotopic (exact) mass is 367 g/mol. The van der Waals surface area contributed by atoms with E-state index in [0.717, 1.165) is 6.07 Å². The van der Waals surface area contributed by atoms with Crippen LogP contribution in [0.1, 0.15) is 12.8 Å². The quantitative estimate of drug-likeness (QED) is 0.843. The molecule has 0 saturated carbocycles. The number of nitrogens with one attached hydrogen (secondary N) is 1. The second-order valence-corrected chi connectivity index (χ2v) is 7.39. The second-order valence-electron chi connectivity index (χ2n) is 4.74. The first-order valence-electron chi connectivity index (χ1n) is 6.07.